The van der Waals surface area contributed by atoms with Crippen LogP contribution in [-0.2, 0) is 20.7 Å². The number of carbonyl (C=O) groups is 2. The summed E-state index contributed by atoms with van der Waals surface area (Å²) in [5, 5.41) is 12.2. The molecule has 0 heterocycles. The van der Waals surface area contributed by atoms with Crippen molar-refractivity contribution in [1.29, 1.82) is 5.26 Å². The van der Waals surface area contributed by atoms with Crippen molar-refractivity contribution in [2.24, 2.45) is 11.3 Å². The molecule has 5 heteroatoms. The van der Waals surface area contributed by atoms with Gasteiger partial charge in [-0.2, -0.15) is 5.26 Å². The normalized spacial score (nSPS) is 16.9. The van der Waals surface area contributed by atoms with Crippen LogP contribution in [-0.4, -0.2) is 25.5 Å². The quantitative estimate of drug-likeness (QED) is 0.814. The van der Waals surface area contributed by atoms with Gasteiger partial charge in [0, 0.05) is 6.54 Å². The van der Waals surface area contributed by atoms with E-state index in [0.29, 0.717) is 19.3 Å². The zero-order chi connectivity index (χ0) is 17.6. The number of nitrogens with one attached hydrogen (secondary N) is 1. The van der Waals surface area contributed by atoms with Crippen molar-refractivity contribution in [3.05, 3.63) is 35.4 Å². The second-order valence-corrected chi connectivity index (χ2v) is 6.52. The third kappa shape index (κ3) is 4.14. The number of rotatable bonds is 6. The summed E-state index contributed by atoms with van der Waals surface area (Å²) in [6.45, 7) is 2.19. The summed E-state index contributed by atoms with van der Waals surface area (Å²) in [7, 11) is 1.35. The molecule has 1 amide bonds. The maximum atomic E-state index is 12.4. The number of carbonyl (C=O) groups excluding carboxylic acids is 2. The monoisotopic (exact) mass is 328 g/mol. The van der Waals surface area contributed by atoms with E-state index in [4.69, 9.17) is 4.74 Å². The number of benzene rings is 1. The van der Waals surface area contributed by atoms with E-state index in [1.807, 2.05) is 31.2 Å². The smallest absolute Gasteiger partial charge is 0.310 e. The average Bonchev–Trinajstić information content (AvgIpc) is 3.09. The van der Waals surface area contributed by atoms with Crippen LogP contribution in [0.3, 0.4) is 0 Å². The van der Waals surface area contributed by atoms with Crippen LogP contribution < -0.4 is 5.32 Å². The molecule has 2 rings (SSSR count). The number of hydrogen-bond acceptors (Lipinski definition) is 4. The maximum absolute atomic E-state index is 12.4. The largest absolute Gasteiger partial charge is 0.469 e. The molecule has 1 atom stereocenters. The molecule has 1 aromatic carbocycles. The molecular formula is C19H24N2O3. The minimum atomic E-state index is -0.926. The molecule has 0 saturated heterocycles. The topological polar surface area (TPSA) is 79.2 Å². The van der Waals surface area contributed by atoms with Gasteiger partial charge in [0.15, 0.2) is 0 Å². The van der Waals surface area contributed by atoms with Crippen LogP contribution >= 0.6 is 0 Å². The van der Waals surface area contributed by atoms with Crippen LogP contribution in [0.15, 0.2) is 24.3 Å². The number of ether oxygens (including phenoxy) is 1. The van der Waals surface area contributed by atoms with E-state index in [-0.39, 0.29) is 18.4 Å². The summed E-state index contributed by atoms with van der Waals surface area (Å²) >= 11 is 0. The number of esters is 1. The predicted molar refractivity (Wildman–Crippen MR) is 89.9 cm³/mol. The van der Waals surface area contributed by atoms with Crippen LogP contribution in [0.2, 0.25) is 0 Å². The number of aryl methyl sites for hydroxylation is 1. The third-order valence-corrected chi connectivity index (χ3v) is 4.75. The lowest BCUT2D eigenvalue weighted by atomic mass is 9.86. The number of amides is 1. The highest BCUT2D eigenvalue weighted by Gasteiger charge is 2.41. The van der Waals surface area contributed by atoms with Crippen molar-refractivity contribution < 1.29 is 14.3 Å². The zero-order valence-electron chi connectivity index (χ0n) is 14.3. The third-order valence-electron chi connectivity index (χ3n) is 4.75. The molecule has 1 N–H and O–H groups in total. The Morgan fingerprint density at radius 2 is 1.92 bits per heavy atom. The Morgan fingerprint density at radius 1 is 1.29 bits per heavy atom. The van der Waals surface area contributed by atoms with Gasteiger partial charge >= 0.3 is 5.97 Å². The van der Waals surface area contributed by atoms with E-state index >= 15 is 0 Å². The summed E-state index contributed by atoms with van der Waals surface area (Å²) in [5.41, 5.74) is 1.24. The van der Waals surface area contributed by atoms with E-state index in [0.717, 1.165) is 24.0 Å². The van der Waals surface area contributed by atoms with Crippen molar-refractivity contribution in [2.75, 3.05) is 13.7 Å². The minimum absolute atomic E-state index is 0.183. The van der Waals surface area contributed by atoms with Crippen molar-refractivity contribution in [3.63, 3.8) is 0 Å². The predicted octanol–water partition coefficient (Wildman–Crippen LogP) is 2.53. The standard InChI is InChI=1S/C19H24N2O3/c1-14-5-7-15(8-6-14)11-16(17(22)24-2)12-21-18(23)19(13-20)9-3-4-10-19/h5-8,16H,3-4,9-12H2,1-2H3,(H,21,23)/t16-/m0/s1. The van der Waals surface area contributed by atoms with Gasteiger partial charge in [0.25, 0.3) is 0 Å². The van der Waals surface area contributed by atoms with Gasteiger partial charge in [0.2, 0.25) is 5.91 Å². The molecule has 1 aromatic rings. The number of nitrogens with zero attached hydrogens (tertiary/aromatic N) is 1. The highest BCUT2D eigenvalue weighted by Crippen LogP contribution is 2.37. The molecule has 128 valence electrons. The van der Waals surface area contributed by atoms with Gasteiger partial charge in [-0.1, -0.05) is 42.7 Å². The molecule has 1 saturated carbocycles. The molecule has 0 spiro atoms. The summed E-state index contributed by atoms with van der Waals surface area (Å²) in [4.78, 5) is 24.5. The highest BCUT2D eigenvalue weighted by molar-refractivity contribution is 5.86. The maximum Gasteiger partial charge on any atom is 0.310 e. The molecule has 5 nitrogen and oxygen atoms in total. The fourth-order valence-corrected chi connectivity index (χ4v) is 3.17. The summed E-state index contributed by atoms with van der Waals surface area (Å²) < 4.78 is 4.86. The molecule has 0 unspecified atom stereocenters. The van der Waals surface area contributed by atoms with Crippen LogP contribution in [0.4, 0.5) is 0 Å². The number of nitriles is 1. The van der Waals surface area contributed by atoms with Gasteiger partial charge in [0.05, 0.1) is 19.1 Å². The molecule has 0 radical (unpaired) electrons. The Balaban J connectivity index is 2.01. The first-order valence-electron chi connectivity index (χ1n) is 8.33. The van der Waals surface area contributed by atoms with Gasteiger partial charge in [-0.25, -0.2) is 0 Å². The van der Waals surface area contributed by atoms with E-state index in [1.54, 1.807) is 0 Å². The van der Waals surface area contributed by atoms with E-state index in [1.165, 1.54) is 7.11 Å². The first-order chi connectivity index (χ1) is 11.5. The summed E-state index contributed by atoms with van der Waals surface area (Å²) in [5.74, 6) is -1.08. The van der Waals surface area contributed by atoms with Gasteiger partial charge in [-0.05, 0) is 31.7 Å². The van der Waals surface area contributed by atoms with Gasteiger partial charge in [0.1, 0.15) is 5.41 Å². The second kappa shape index (κ2) is 7.96. The van der Waals surface area contributed by atoms with Gasteiger partial charge in [-0.15, -0.1) is 0 Å². The van der Waals surface area contributed by atoms with Crippen molar-refractivity contribution in [1.82, 2.24) is 5.32 Å². The molecule has 0 aliphatic heterocycles. The van der Waals surface area contributed by atoms with Crippen molar-refractivity contribution in [2.45, 2.75) is 39.0 Å². The van der Waals surface area contributed by atoms with E-state index < -0.39 is 11.3 Å². The summed E-state index contributed by atoms with van der Waals surface area (Å²) in [6, 6.07) is 10.1. The first-order valence-corrected chi connectivity index (χ1v) is 8.33. The van der Waals surface area contributed by atoms with Gasteiger partial charge < -0.3 is 10.1 Å². The van der Waals surface area contributed by atoms with Crippen LogP contribution in [0.25, 0.3) is 0 Å². The average molecular weight is 328 g/mol. The van der Waals surface area contributed by atoms with E-state index in [9.17, 15) is 14.9 Å². The SMILES string of the molecule is COC(=O)[C@H](CNC(=O)C1(C#N)CCCC1)Cc1ccc(C)cc1. The highest BCUT2D eigenvalue weighted by atomic mass is 16.5. The number of hydrogen-bond donors (Lipinski definition) is 1. The van der Waals surface area contributed by atoms with Crippen LogP contribution in [0, 0.1) is 29.6 Å². The number of methoxy groups -OCH3 is 1. The summed E-state index contributed by atoms with van der Waals surface area (Å²) in [6.07, 6.45) is 3.47. The molecule has 24 heavy (non-hydrogen) atoms. The van der Waals surface area contributed by atoms with Crippen LogP contribution in [0.5, 0.6) is 0 Å². The minimum Gasteiger partial charge on any atom is -0.469 e. The lowest BCUT2D eigenvalue weighted by Gasteiger charge is -2.21. The van der Waals surface area contributed by atoms with Crippen molar-refractivity contribution >= 4 is 11.9 Å². The molecule has 0 bridgehead atoms. The van der Waals surface area contributed by atoms with E-state index in [2.05, 4.69) is 11.4 Å². The molecule has 1 aliphatic carbocycles. The second-order valence-electron chi connectivity index (χ2n) is 6.52. The van der Waals surface area contributed by atoms with Crippen LogP contribution in [0.1, 0.15) is 36.8 Å². The lowest BCUT2D eigenvalue weighted by molar-refractivity contribution is -0.145. The lowest BCUT2D eigenvalue weighted by Crippen LogP contribution is -2.42. The molecule has 0 aromatic heterocycles. The fourth-order valence-electron chi connectivity index (χ4n) is 3.17. The first kappa shape index (κ1) is 18.0. The Bertz CT molecular complexity index is 625. The Kier molecular flexibility index (Phi) is 5.97. The molecule has 1 fully saturated rings. The zero-order valence-corrected chi connectivity index (χ0v) is 14.3. The Hall–Kier alpha value is -2.35. The Labute approximate surface area is 143 Å². The molecular weight excluding hydrogens is 304 g/mol. The molecule has 1 aliphatic rings. The Morgan fingerprint density at radius 3 is 2.46 bits per heavy atom. The van der Waals surface area contributed by atoms with Crippen molar-refractivity contribution in [3.8, 4) is 6.07 Å². The van der Waals surface area contributed by atoms with Gasteiger partial charge in [-0.3, -0.25) is 9.59 Å². The fraction of sp³-hybridized carbons (Fsp3) is 0.526.